The van der Waals surface area contributed by atoms with Crippen molar-refractivity contribution in [2.24, 2.45) is 0 Å². The summed E-state index contributed by atoms with van der Waals surface area (Å²) in [5, 5.41) is 0. The van der Waals surface area contributed by atoms with E-state index in [9.17, 15) is 0 Å². The molecule has 0 saturated heterocycles. The van der Waals surface area contributed by atoms with Gasteiger partial charge in [-0.25, -0.2) is 0 Å². The molecule has 2 heteroatoms. The van der Waals surface area contributed by atoms with Crippen molar-refractivity contribution in [3.63, 3.8) is 0 Å². The van der Waals surface area contributed by atoms with E-state index >= 15 is 0 Å². The van der Waals surface area contributed by atoms with Crippen molar-refractivity contribution < 1.29 is 0 Å². The molecule has 3 aliphatic carbocycles. The third-order valence-corrected chi connectivity index (χ3v) is 8.03. The molecule has 2 radical (unpaired) electrons. The highest BCUT2D eigenvalue weighted by molar-refractivity contribution is 7.80. The number of fused-ring (bicyclic) bond motifs is 5. The Hall–Kier alpha value is -2.71. The number of rotatable bonds is 2. The van der Waals surface area contributed by atoms with Gasteiger partial charge < -0.3 is 0 Å². The van der Waals surface area contributed by atoms with Crippen LogP contribution < -0.4 is 5.46 Å². The highest BCUT2D eigenvalue weighted by Crippen LogP contribution is 2.57. The molecule has 4 aromatic carbocycles. The number of aryl methyl sites for hydroxylation is 4. The van der Waals surface area contributed by atoms with Crippen LogP contribution in [0.3, 0.4) is 0 Å². The van der Waals surface area contributed by atoms with Crippen molar-refractivity contribution >= 4 is 25.9 Å². The second-order valence-electron chi connectivity index (χ2n) is 9.25. The van der Waals surface area contributed by atoms with Crippen molar-refractivity contribution in [1.82, 2.24) is 0 Å². The maximum absolute atomic E-state index is 6.39. The molecule has 3 aliphatic rings. The molecule has 0 heterocycles. The van der Waals surface area contributed by atoms with E-state index in [0.29, 0.717) is 0 Å². The lowest BCUT2D eigenvalue weighted by Crippen LogP contribution is -2.31. The summed E-state index contributed by atoms with van der Waals surface area (Å²) in [6.07, 6.45) is 4.74. The molecule has 0 nitrogen and oxygen atoms in total. The van der Waals surface area contributed by atoms with Crippen LogP contribution in [-0.2, 0) is 31.1 Å². The van der Waals surface area contributed by atoms with Crippen LogP contribution in [0.4, 0.5) is 0 Å². The van der Waals surface area contributed by atoms with Crippen LogP contribution >= 0.6 is 12.6 Å². The molecule has 0 aliphatic heterocycles. The molecular formula is C29H21BS. The molecule has 0 spiro atoms. The standard InChI is InChI=1S/C29H21BS/c30-23-9-11-25-26-12-10-24(31)16-28(26)29(27(25)15-23,21-7-5-17-1-3-19(17)13-21)22-8-6-18-2-4-20(18)14-22/h5-16,31H,1-4H2. The molecule has 4 aromatic rings. The Bertz CT molecular complexity index is 1310. The molecule has 0 aromatic heterocycles. The Labute approximate surface area is 190 Å². The molecule has 0 saturated carbocycles. The first-order valence-electron chi connectivity index (χ1n) is 11.1. The van der Waals surface area contributed by atoms with Gasteiger partial charge in [-0.1, -0.05) is 66.1 Å². The van der Waals surface area contributed by atoms with Gasteiger partial charge >= 0.3 is 0 Å². The van der Waals surface area contributed by atoms with Crippen LogP contribution in [0.1, 0.15) is 44.5 Å². The normalized spacial score (nSPS) is 16.4. The minimum absolute atomic E-state index is 0.367. The summed E-state index contributed by atoms with van der Waals surface area (Å²) >= 11 is 4.76. The Morgan fingerprint density at radius 2 is 1.13 bits per heavy atom. The second-order valence-corrected chi connectivity index (χ2v) is 9.77. The van der Waals surface area contributed by atoms with Gasteiger partial charge in [0.1, 0.15) is 7.85 Å². The Morgan fingerprint density at radius 3 is 1.68 bits per heavy atom. The Morgan fingerprint density at radius 1 is 0.581 bits per heavy atom. The van der Waals surface area contributed by atoms with E-state index in [0.717, 1.165) is 10.4 Å². The van der Waals surface area contributed by atoms with Crippen LogP contribution in [0.15, 0.2) is 77.7 Å². The zero-order valence-electron chi connectivity index (χ0n) is 17.3. The number of benzene rings is 4. The summed E-state index contributed by atoms with van der Waals surface area (Å²) in [6.45, 7) is 0. The Balaban J connectivity index is 1.65. The van der Waals surface area contributed by atoms with Gasteiger partial charge in [-0.15, -0.1) is 12.6 Å². The van der Waals surface area contributed by atoms with Crippen molar-refractivity contribution in [3.8, 4) is 11.1 Å². The lowest BCUT2D eigenvalue weighted by molar-refractivity contribution is 0.739. The number of hydrogen-bond acceptors (Lipinski definition) is 1. The fraction of sp³-hybridized carbons (Fsp3) is 0.172. The maximum Gasteiger partial charge on any atom is 0.113 e. The van der Waals surface area contributed by atoms with E-state index < -0.39 is 0 Å². The highest BCUT2D eigenvalue weighted by atomic mass is 32.1. The van der Waals surface area contributed by atoms with Crippen LogP contribution in [0, 0.1) is 0 Å². The summed E-state index contributed by atoms with van der Waals surface area (Å²) in [5.74, 6) is 0. The van der Waals surface area contributed by atoms with Crippen LogP contribution in [0.5, 0.6) is 0 Å². The average molecular weight is 412 g/mol. The smallest absolute Gasteiger partial charge is 0.113 e. The topological polar surface area (TPSA) is 0 Å². The molecule has 0 unspecified atom stereocenters. The molecule has 0 amide bonds. The van der Waals surface area contributed by atoms with E-state index in [1.54, 1.807) is 0 Å². The first-order valence-corrected chi connectivity index (χ1v) is 11.6. The van der Waals surface area contributed by atoms with E-state index in [1.165, 1.54) is 81.3 Å². The molecule has 0 N–H and O–H groups in total. The monoisotopic (exact) mass is 412 g/mol. The number of thiol groups is 1. The van der Waals surface area contributed by atoms with E-state index in [1.807, 2.05) is 6.07 Å². The average Bonchev–Trinajstić information content (AvgIpc) is 2.99. The molecule has 0 fully saturated rings. The fourth-order valence-corrected chi connectivity index (χ4v) is 6.18. The quantitative estimate of drug-likeness (QED) is 0.294. The zero-order chi connectivity index (χ0) is 20.7. The second kappa shape index (κ2) is 6.17. The largest absolute Gasteiger partial charge is 0.143 e. The summed E-state index contributed by atoms with van der Waals surface area (Å²) < 4.78 is 0. The number of hydrogen-bond donors (Lipinski definition) is 1. The van der Waals surface area contributed by atoms with E-state index in [4.69, 9.17) is 20.5 Å². The molecule has 7 rings (SSSR count). The third-order valence-electron chi connectivity index (χ3n) is 7.75. The first kappa shape index (κ1) is 17.9. The van der Waals surface area contributed by atoms with Crippen LogP contribution in [0.2, 0.25) is 0 Å². The summed E-state index contributed by atoms with van der Waals surface area (Å²) in [4.78, 5) is 0.997. The summed E-state index contributed by atoms with van der Waals surface area (Å²) in [7, 11) is 6.39. The van der Waals surface area contributed by atoms with Crippen LogP contribution in [0.25, 0.3) is 11.1 Å². The molecule has 31 heavy (non-hydrogen) atoms. The molecule has 146 valence electrons. The lowest BCUT2D eigenvalue weighted by atomic mass is 9.65. The van der Waals surface area contributed by atoms with Gasteiger partial charge in [-0.3, -0.25) is 0 Å². The third kappa shape index (κ3) is 2.29. The predicted molar refractivity (Wildman–Crippen MR) is 131 cm³/mol. The van der Waals surface area contributed by atoms with Crippen molar-refractivity contribution in [2.75, 3.05) is 0 Å². The van der Waals surface area contributed by atoms with E-state index in [-0.39, 0.29) is 5.41 Å². The zero-order valence-corrected chi connectivity index (χ0v) is 18.2. The van der Waals surface area contributed by atoms with Crippen molar-refractivity contribution in [3.05, 3.63) is 117 Å². The molecule has 0 atom stereocenters. The SMILES string of the molecule is [B]c1ccc2c(c1)C(c1ccc3c(c1)CC3)(c1ccc3c(c1)CC3)c1cc(S)ccc1-2. The van der Waals surface area contributed by atoms with Crippen molar-refractivity contribution in [1.29, 1.82) is 0 Å². The predicted octanol–water partition coefficient (Wildman–Crippen LogP) is 5.33. The van der Waals surface area contributed by atoms with Crippen LogP contribution in [-0.4, -0.2) is 7.85 Å². The van der Waals surface area contributed by atoms with Gasteiger partial charge in [0.25, 0.3) is 0 Å². The first-order chi connectivity index (χ1) is 15.1. The Kier molecular flexibility index (Phi) is 3.57. The maximum atomic E-state index is 6.39. The fourth-order valence-electron chi connectivity index (χ4n) is 5.97. The highest BCUT2D eigenvalue weighted by Gasteiger charge is 2.47. The van der Waals surface area contributed by atoms with Gasteiger partial charge in [0.05, 0.1) is 5.41 Å². The molecule has 0 bridgehead atoms. The summed E-state index contributed by atoms with van der Waals surface area (Å²) in [6, 6.07) is 27.3. The minimum Gasteiger partial charge on any atom is -0.143 e. The molecular weight excluding hydrogens is 391 g/mol. The minimum atomic E-state index is -0.367. The van der Waals surface area contributed by atoms with Gasteiger partial charge in [0.15, 0.2) is 0 Å². The van der Waals surface area contributed by atoms with Gasteiger partial charge in [0, 0.05) is 4.90 Å². The van der Waals surface area contributed by atoms with Gasteiger partial charge in [-0.2, -0.15) is 0 Å². The van der Waals surface area contributed by atoms with E-state index in [2.05, 4.69) is 66.7 Å². The van der Waals surface area contributed by atoms with Gasteiger partial charge in [0.2, 0.25) is 0 Å². The van der Waals surface area contributed by atoms with Crippen molar-refractivity contribution in [2.45, 2.75) is 36.0 Å². The lowest BCUT2D eigenvalue weighted by Gasteiger charge is -2.37. The van der Waals surface area contributed by atoms with Gasteiger partial charge in [-0.05, 0) is 93.5 Å². The summed E-state index contributed by atoms with van der Waals surface area (Å²) in [5.41, 5.74) is 14.3.